The van der Waals surface area contributed by atoms with E-state index in [4.69, 9.17) is 14.9 Å². The van der Waals surface area contributed by atoms with Crippen LogP contribution in [0.25, 0.3) is 0 Å². The zero-order chi connectivity index (χ0) is 19.5. The number of nitrogens with zero attached hydrogens (tertiary/aromatic N) is 2. The van der Waals surface area contributed by atoms with Crippen molar-refractivity contribution in [2.45, 2.75) is 12.5 Å². The highest BCUT2D eigenvalue weighted by molar-refractivity contribution is 7.10. The lowest BCUT2D eigenvalue weighted by molar-refractivity contribution is -0.135. The Kier molecular flexibility index (Phi) is 4.94. The summed E-state index contributed by atoms with van der Waals surface area (Å²) in [6.07, 6.45) is 2.13. The van der Waals surface area contributed by atoms with E-state index in [2.05, 4.69) is 5.10 Å². The van der Waals surface area contributed by atoms with Crippen LogP contribution in [0, 0.1) is 0 Å². The number of nitrogens with two attached hydrogens (primary N) is 1. The lowest BCUT2D eigenvalue weighted by Gasteiger charge is -2.21. The van der Waals surface area contributed by atoms with E-state index in [9.17, 15) is 9.59 Å². The third-order valence-electron chi connectivity index (χ3n) is 4.35. The number of carbonyl (C=O) groups excluding carboxylic acids is 2. The van der Waals surface area contributed by atoms with Crippen molar-refractivity contribution in [2.75, 3.05) is 6.61 Å². The summed E-state index contributed by atoms with van der Waals surface area (Å²) in [4.78, 5) is 25.4. The first-order valence-electron chi connectivity index (χ1n) is 8.62. The molecule has 2 amide bonds. The third kappa shape index (κ3) is 3.54. The summed E-state index contributed by atoms with van der Waals surface area (Å²) in [7, 11) is 0. The molecule has 28 heavy (non-hydrogen) atoms. The fourth-order valence-corrected chi connectivity index (χ4v) is 3.85. The Bertz CT molecular complexity index is 1010. The van der Waals surface area contributed by atoms with E-state index >= 15 is 0 Å². The molecule has 0 radical (unpaired) electrons. The summed E-state index contributed by atoms with van der Waals surface area (Å²) < 4.78 is 11.0. The highest BCUT2D eigenvalue weighted by Gasteiger charge is 2.34. The zero-order valence-corrected chi connectivity index (χ0v) is 15.6. The van der Waals surface area contributed by atoms with Crippen LogP contribution in [0.15, 0.2) is 69.7 Å². The molecule has 1 unspecified atom stereocenters. The highest BCUT2D eigenvalue weighted by atomic mass is 32.1. The second kappa shape index (κ2) is 7.69. The molecule has 142 valence electrons. The topological polar surface area (TPSA) is 98.1 Å². The van der Waals surface area contributed by atoms with E-state index in [1.54, 1.807) is 47.9 Å². The van der Waals surface area contributed by atoms with Crippen molar-refractivity contribution in [3.05, 3.63) is 76.4 Å². The molecule has 7 nitrogen and oxygen atoms in total. The molecule has 0 bridgehead atoms. The van der Waals surface area contributed by atoms with Crippen molar-refractivity contribution >= 4 is 28.9 Å². The van der Waals surface area contributed by atoms with Crippen molar-refractivity contribution in [3.63, 3.8) is 0 Å². The second-order valence-electron chi connectivity index (χ2n) is 6.15. The first-order chi connectivity index (χ1) is 13.6. The maximum atomic E-state index is 12.9. The minimum Gasteiger partial charge on any atom is -0.483 e. The number of thiophene rings is 1. The number of amides is 2. The number of hydrogen-bond acceptors (Lipinski definition) is 6. The number of hydrazone groups is 1. The van der Waals surface area contributed by atoms with Crippen LogP contribution < -0.4 is 10.5 Å². The van der Waals surface area contributed by atoms with E-state index in [-0.39, 0.29) is 29.9 Å². The summed E-state index contributed by atoms with van der Waals surface area (Å²) in [5.41, 5.74) is 6.29. The largest absolute Gasteiger partial charge is 0.483 e. The number of ether oxygens (including phenoxy) is 1. The van der Waals surface area contributed by atoms with Crippen LogP contribution >= 0.6 is 11.3 Å². The lowest BCUT2D eigenvalue weighted by atomic mass is 10.1. The quantitative estimate of drug-likeness (QED) is 0.693. The summed E-state index contributed by atoms with van der Waals surface area (Å²) >= 11 is 1.56. The maximum absolute atomic E-state index is 12.9. The minimum atomic E-state index is -0.612. The van der Waals surface area contributed by atoms with Gasteiger partial charge in [-0.2, -0.15) is 5.10 Å². The second-order valence-corrected chi connectivity index (χ2v) is 7.13. The van der Waals surface area contributed by atoms with Crippen LogP contribution in [0.3, 0.4) is 0 Å². The van der Waals surface area contributed by atoms with Crippen molar-refractivity contribution < 1.29 is 18.7 Å². The predicted octanol–water partition coefficient (Wildman–Crippen LogP) is 3.20. The van der Waals surface area contributed by atoms with E-state index in [1.807, 2.05) is 23.6 Å². The van der Waals surface area contributed by atoms with Gasteiger partial charge in [0.05, 0.1) is 17.9 Å². The van der Waals surface area contributed by atoms with Crippen LogP contribution in [0.2, 0.25) is 0 Å². The number of primary amides is 1. The molecule has 3 aromatic rings. The Morgan fingerprint density at radius 1 is 1.21 bits per heavy atom. The number of rotatable bonds is 6. The fourth-order valence-electron chi connectivity index (χ4n) is 3.04. The predicted molar refractivity (Wildman–Crippen MR) is 104 cm³/mol. The number of hydrogen-bond donors (Lipinski definition) is 1. The molecule has 4 rings (SSSR count). The van der Waals surface area contributed by atoms with Gasteiger partial charge in [0.15, 0.2) is 6.61 Å². The van der Waals surface area contributed by atoms with Gasteiger partial charge in [0.1, 0.15) is 17.2 Å². The normalized spacial score (nSPS) is 16.1. The Hall–Kier alpha value is -3.39. The van der Waals surface area contributed by atoms with Crippen molar-refractivity contribution in [2.24, 2.45) is 10.8 Å². The van der Waals surface area contributed by atoms with Gasteiger partial charge >= 0.3 is 0 Å². The number of benzene rings is 1. The Labute approximate surface area is 165 Å². The van der Waals surface area contributed by atoms with Crippen LogP contribution in [0.4, 0.5) is 0 Å². The number of carbonyl (C=O) groups is 2. The van der Waals surface area contributed by atoms with Crippen LogP contribution in [0.1, 0.15) is 33.5 Å². The molecule has 0 fully saturated rings. The average molecular weight is 395 g/mol. The molecule has 0 saturated heterocycles. The van der Waals surface area contributed by atoms with Crippen molar-refractivity contribution in [1.82, 2.24) is 5.01 Å². The van der Waals surface area contributed by atoms with Crippen molar-refractivity contribution in [3.8, 4) is 5.75 Å². The molecule has 1 aromatic carbocycles. The van der Waals surface area contributed by atoms with Crippen LogP contribution in [0.5, 0.6) is 5.75 Å². The van der Waals surface area contributed by atoms with Gasteiger partial charge in [-0.3, -0.25) is 9.59 Å². The molecule has 0 saturated carbocycles. The number of para-hydroxylation sites is 1. The average Bonchev–Trinajstić information content (AvgIpc) is 3.46. The lowest BCUT2D eigenvalue weighted by Crippen LogP contribution is -2.31. The van der Waals surface area contributed by atoms with Gasteiger partial charge in [0, 0.05) is 11.3 Å². The van der Waals surface area contributed by atoms with Gasteiger partial charge in [-0.05, 0) is 35.7 Å². The van der Waals surface area contributed by atoms with Gasteiger partial charge in [-0.1, -0.05) is 18.2 Å². The molecule has 0 aliphatic carbocycles. The van der Waals surface area contributed by atoms with Gasteiger partial charge in [0.2, 0.25) is 0 Å². The molecule has 3 heterocycles. The van der Waals surface area contributed by atoms with E-state index in [1.165, 1.54) is 5.01 Å². The van der Waals surface area contributed by atoms with E-state index < -0.39 is 5.91 Å². The highest BCUT2D eigenvalue weighted by Crippen LogP contribution is 2.35. The summed E-state index contributed by atoms with van der Waals surface area (Å²) in [6.45, 7) is -0.263. The molecule has 8 heteroatoms. The molecule has 1 aliphatic rings. The first kappa shape index (κ1) is 18.0. The summed E-state index contributed by atoms with van der Waals surface area (Å²) in [5.74, 6) is -0.0275. The SMILES string of the molecule is NC(=O)c1ccccc1OCC(=O)N1N=C(c2ccco2)CC1c1cccs1. The van der Waals surface area contributed by atoms with Gasteiger partial charge in [-0.25, -0.2) is 5.01 Å². The zero-order valence-electron chi connectivity index (χ0n) is 14.8. The maximum Gasteiger partial charge on any atom is 0.281 e. The molecule has 0 spiro atoms. The summed E-state index contributed by atoms with van der Waals surface area (Å²) in [5, 5.41) is 7.87. The monoisotopic (exact) mass is 395 g/mol. The summed E-state index contributed by atoms with van der Waals surface area (Å²) in [6, 6.07) is 13.8. The smallest absolute Gasteiger partial charge is 0.281 e. The van der Waals surface area contributed by atoms with Gasteiger partial charge in [-0.15, -0.1) is 11.3 Å². The van der Waals surface area contributed by atoms with Gasteiger partial charge in [0.25, 0.3) is 11.8 Å². The molecule has 2 N–H and O–H groups in total. The van der Waals surface area contributed by atoms with Crippen molar-refractivity contribution in [1.29, 1.82) is 0 Å². The minimum absolute atomic E-state index is 0.220. The molecule has 2 aromatic heterocycles. The molecular weight excluding hydrogens is 378 g/mol. The van der Waals surface area contributed by atoms with Crippen LogP contribution in [-0.2, 0) is 4.79 Å². The van der Waals surface area contributed by atoms with Crippen LogP contribution in [-0.4, -0.2) is 29.1 Å². The third-order valence-corrected chi connectivity index (χ3v) is 5.32. The van der Waals surface area contributed by atoms with E-state index in [0.717, 1.165) is 4.88 Å². The van der Waals surface area contributed by atoms with Gasteiger partial charge < -0.3 is 14.9 Å². The molecule has 1 aliphatic heterocycles. The van der Waals surface area contributed by atoms with E-state index in [0.29, 0.717) is 17.9 Å². The standard InChI is InChI=1S/C20H17N3O4S/c21-20(25)13-5-1-2-6-16(13)27-12-19(24)23-15(18-8-4-10-28-18)11-14(22-23)17-7-3-9-26-17/h1-10,15H,11-12H2,(H2,21,25). The number of furan rings is 1. The molecular formula is C20H17N3O4S. The first-order valence-corrected chi connectivity index (χ1v) is 9.50. The Morgan fingerprint density at radius 2 is 2.07 bits per heavy atom. The fraction of sp³-hybridized carbons (Fsp3) is 0.150. The Balaban J connectivity index is 1.55. The Morgan fingerprint density at radius 3 is 2.79 bits per heavy atom. The molecule has 1 atom stereocenters.